The molecule has 1 aliphatic heterocycles. The van der Waals surface area contributed by atoms with Crippen LogP contribution in [0.15, 0.2) is 30.5 Å². The second kappa shape index (κ2) is 5.12. The lowest BCUT2D eigenvalue weighted by Crippen LogP contribution is -2.34. The zero-order chi connectivity index (χ0) is 12.4. The second-order valence-corrected chi connectivity index (χ2v) is 4.97. The lowest BCUT2D eigenvalue weighted by atomic mass is 10.1. The van der Waals surface area contributed by atoms with Gasteiger partial charge in [-0.15, -0.1) is 0 Å². The van der Waals surface area contributed by atoms with E-state index in [1.54, 1.807) is 6.20 Å². The summed E-state index contributed by atoms with van der Waals surface area (Å²) in [5, 5.41) is 5.07. The summed E-state index contributed by atoms with van der Waals surface area (Å²) >= 11 is 5.97. The summed E-state index contributed by atoms with van der Waals surface area (Å²) in [5.74, 6) is 0.906. The highest BCUT2D eigenvalue weighted by Gasteiger charge is 2.15. The van der Waals surface area contributed by atoms with Crippen LogP contribution in [0.25, 0.3) is 10.9 Å². The van der Waals surface area contributed by atoms with Crippen molar-refractivity contribution < 1.29 is 4.74 Å². The third kappa shape index (κ3) is 2.42. The van der Waals surface area contributed by atoms with Crippen molar-refractivity contribution in [3.05, 3.63) is 35.5 Å². The number of nitrogens with zero attached hydrogens (tertiary/aromatic N) is 1. The normalized spacial score (nSPS) is 16.9. The van der Waals surface area contributed by atoms with Gasteiger partial charge in [0, 0.05) is 16.6 Å². The zero-order valence-electron chi connectivity index (χ0n) is 10.0. The predicted octanol–water partition coefficient (Wildman–Crippen LogP) is 3.02. The van der Waals surface area contributed by atoms with E-state index in [4.69, 9.17) is 16.3 Å². The quantitative estimate of drug-likeness (QED) is 0.903. The van der Waals surface area contributed by atoms with Crippen molar-refractivity contribution in [1.82, 2.24) is 10.3 Å². The van der Waals surface area contributed by atoms with Crippen LogP contribution in [0.1, 0.15) is 12.8 Å². The Balaban J connectivity index is 1.91. The van der Waals surface area contributed by atoms with Gasteiger partial charge in [0.05, 0.1) is 5.52 Å². The topological polar surface area (TPSA) is 34.1 Å². The Kier molecular flexibility index (Phi) is 3.35. The number of rotatable bonds is 2. The fourth-order valence-corrected chi connectivity index (χ4v) is 2.46. The summed E-state index contributed by atoms with van der Waals surface area (Å²) in [6.45, 7) is 2.05. The largest absolute Gasteiger partial charge is 0.490 e. The van der Waals surface area contributed by atoms with Crippen molar-refractivity contribution in [2.24, 2.45) is 0 Å². The van der Waals surface area contributed by atoms with Crippen molar-refractivity contribution in [3.8, 4) is 5.75 Å². The standard InChI is InChI=1S/C14H15ClN2O/c15-10-1-2-12-13(9-10)17-8-5-14(12)18-11-3-6-16-7-4-11/h1-2,5,8-9,11,16H,3-4,6-7H2. The predicted molar refractivity (Wildman–Crippen MR) is 73.3 cm³/mol. The van der Waals surface area contributed by atoms with E-state index in [0.29, 0.717) is 11.1 Å². The Morgan fingerprint density at radius 2 is 2.06 bits per heavy atom. The highest BCUT2D eigenvalue weighted by atomic mass is 35.5. The Hall–Kier alpha value is -1.32. The third-order valence-corrected chi connectivity index (χ3v) is 3.48. The Bertz CT molecular complexity index is 552. The monoisotopic (exact) mass is 262 g/mol. The molecule has 2 aromatic rings. The van der Waals surface area contributed by atoms with Gasteiger partial charge in [-0.1, -0.05) is 11.6 Å². The van der Waals surface area contributed by atoms with E-state index in [2.05, 4.69) is 10.3 Å². The number of hydrogen-bond acceptors (Lipinski definition) is 3. The average Bonchev–Trinajstić information content (AvgIpc) is 2.40. The first-order valence-electron chi connectivity index (χ1n) is 6.24. The van der Waals surface area contributed by atoms with Crippen molar-refractivity contribution >= 4 is 22.5 Å². The van der Waals surface area contributed by atoms with Crippen molar-refractivity contribution in [3.63, 3.8) is 0 Å². The van der Waals surface area contributed by atoms with E-state index in [1.807, 2.05) is 24.3 Å². The maximum absolute atomic E-state index is 6.09. The maximum atomic E-state index is 6.09. The molecule has 0 atom stereocenters. The molecule has 0 unspecified atom stereocenters. The molecule has 1 aliphatic rings. The summed E-state index contributed by atoms with van der Waals surface area (Å²) in [6, 6.07) is 7.65. The van der Waals surface area contributed by atoms with Crippen molar-refractivity contribution in [2.75, 3.05) is 13.1 Å². The van der Waals surface area contributed by atoms with Crippen LogP contribution in [-0.4, -0.2) is 24.2 Å². The minimum Gasteiger partial charge on any atom is -0.490 e. The fourth-order valence-electron chi connectivity index (χ4n) is 2.29. The number of benzene rings is 1. The van der Waals surface area contributed by atoms with Crippen LogP contribution in [-0.2, 0) is 0 Å². The zero-order valence-corrected chi connectivity index (χ0v) is 10.8. The Morgan fingerprint density at radius 1 is 1.22 bits per heavy atom. The molecule has 0 radical (unpaired) electrons. The van der Waals surface area contributed by atoms with Gasteiger partial charge in [0.1, 0.15) is 11.9 Å². The van der Waals surface area contributed by atoms with Gasteiger partial charge in [-0.2, -0.15) is 0 Å². The summed E-state index contributed by atoms with van der Waals surface area (Å²) in [6.07, 6.45) is 4.18. The molecule has 1 saturated heterocycles. The highest BCUT2D eigenvalue weighted by molar-refractivity contribution is 6.31. The highest BCUT2D eigenvalue weighted by Crippen LogP contribution is 2.28. The van der Waals surface area contributed by atoms with Gasteiger partial charge in [-0.25, -0.2) is 0 Å². The van der Waals surface area contributed by atoms with Gasteiger partial charge in [0.25, 0.3) is 0 Å². The van der Waals surface area contributed by atoms with E-state index < -0.39 is 0 Å². The summed E-state index contributed by atoms with van der Waals surface area (Å²) in [7, 11) is 0. The van der Waals surface area contributed by atoms with Crippen molar-refractivity contribution in [1.29, 1.82) is 0 Å². The van der Waals surface area contributed by atoms with Gasteiger partial charge >= 0.3 is 0 Å². The number of piperidine rings is 1. The Morgan fingerprint density at radius 3 is 2.89 bits per heavy atom. The van der Waals surface area contributed by atoms with Crippen LogP contribution < -0.4 is 10.1 Å². The van der Waals surface area contributed by atoms with Gasteiger partial charge in [0.15, 0.2) is 0 Å². The molecule has 0 amide bonds. The molecule has 0 saturated carbocycles. The number of nitrogens with one attached hydrogen (secondary N) is 1. The maximum Gasteiger partial charge on any atom is 0.130 e. The molecule has 1 fully saturated rings. The minimum absolute atomic E-state index is 0.299. The molecule has 0 spiro atoms. The molecule has 0 aliphatic carbocycles. The molecule has 94 valence electrons. The molecular weight excluding hydrogens is 248 g/mol. The van der Waals surface area contributed by atoms with E-state index in [-0.39, 0.29) is 0 Å². The SMILES string of the molecule is Clc1ccc2c(OC3CCNCC3)ccnc2c1. The Labute approximate surface area is 111 Å². The molecule has 18 heavy (non-hydrogen) atoms. The summed E-state index contributed by atoms with van der Waals surface area (Å²) < 4.78 is 6.09. The number of hydrogen-bond donors (Lipinski definition) is 1. The first kappa shape index (κ1) is 11.8. The number of halogens is 1. The van der Waals surface area contributed by atoms with E-state index in [1.165, 1.54) is 0 Å². The van der Waals surface area contributed by atoms with Gasteiger partial charge in [-0.05, 0) is 50.2 Å². The first-order chi connectivity index (χ1) is 8.83. The number of pyridine rings is 1. The van der Waals surface area contributed by atoms with Crippen LogP contribution in [0, 0.1) is 0 Å². The lowest BCUT2D eigenvalue weighted by molar-refractivity contribution is 0.164. The third-order valence-electron chi connectivity index (χ3n) is 3.24. The van der Waals surface area contributed by atoms with Gasteiger partial charge < -0.3 is 10.1 Å². The average molecular weight is 263 g/mol. The van der Waals surface area contributed by atoms with Gasteiger partial charge in [-0.3, -0.25) is 4.98 Å². The van der Waals surface area contributed by atoms with Gasteiger partial charge in [0.2, 0.25) is 0 Å². The first-order valence-corrected chi connectivity index (χ1v) is 6.62. The number of fused-ring (bicyclic) bond motifs is 1. The molecule has 0 bridgehead atoms. The lowest BCUT2D eigenvalue weighted by Gasteiger charge is -2.24. The number of ether oxygens (including phenoxy) is 1. The molecule has 3 nitrogen and oxygen atoms in total. The smallest absolute Gasteiger partial charge is 0.130 e. The fraction of sp³-hybridized carbons (Fsp3) is 0.357. The summed E-state index contributed by atoms with van der Waals surface area (Å²) in [5.41, 5.74) is 0.883. The van der Waals surface area contributed by atoms with Crippen LogP contribution in [0.4, 0.5) is 0 Å². The molecule has 1 aromatic heterocycles. The second-order valence-electron chi connectivity index (χ2n) is 4.54. The molecule has 3 rings (SSSR count). The number of aromatic nitrogens is 1. The van der Waals surface area contributed by atoms with Crippen LogP contribution in [0.5, 0.6) is 5.75 Å². The molecule has 2 heterocycles. The molecule has 1 aromatic carbocycles. The molecule has 1 N–H and O–H groups in total. The van der Waals surface area contributed by atoms with Crippen LogP contribution in [0.3, 0.4) is 0 Å². The minimum atomic E-state index is 0.299. The molecule has 4 heteroatoms. The van der Waals surface area contributed by atoms with Crippen molar-refractivity contribution in [2.45, 2.75) is 18.9 Å². The van der Waals surface area contributed by atoms with E-state index >= 15 is 0 Å². The summed E-state index contributed by atoms with van der Waals surface area (Å²) in [4.78, 5) is 4.32. The van der Waals surface area contributed by atoms with Crippen LogP contribution in [0.2, 0.25) is 5.02 Å². The van der Waals surface area contributed by atoms with E-state index in [9.17, 15) is 0 Å². The van der Waals surface area contributed by atoms with E-state index in [0.717, 1.165) is 42.6 Å². The van der Waals surface area contributed by atoms with Crippen LogP contribution >= 0.6 is 11.6 Å². The molecular formula is C14H15ClN2O.